The SMILES string of the molecule is Cc1cc(C)cc(CSc2nnc(-c3nn(Cc4ccccc4)c(=O)c4ccccc34)o2)c1. The van der Waals surface area contributed by atoms with Gasteiger partial charge in [-0.05, 0) is 31.0 Å². The summed E-state index contributed by atoms with van der Waals surface area (Å²) in [5, 5.41) is 14.8. The maximum atomic E-state index is 13.1. The minimum absolute atomic E-state index is 0.151. The molecule has 0 saturated heterocycles. The van der Waals surface area contributed by atoms with Crippen LogP contribution in [0.3, 0.4) is 0 Å². The van der Waals surface area contributed by atoms with Gasteiger partial charge < -0.3 is 4.42 Å². The molecule has 0 aliphatic rings. The van der Waals surface area contributed by atoms with E-state index in [-0.39, 0.29) is 5.56 Å². The van der Waals surface area contributed by atoms with Gasteiger partial charge in [-0.25, -0.2) is 4.68 Å². The molecule has 0 fully saturated rings. The number of hydrogen-bond acceptors (Lipinski definition) is 6. The molecule has 0 bridgehead atoms. The Morgan fingerprint density at radius 1 is 0.848 bits per heavy atom. The van der Waals surface area contributed by atoms with Crippen LogP contribution < -0.4 is 5.56 Å². The predicted octanol–water partition coefficient (Wildman–Crippen LogP) is 5.40. The van der Waals surface area contributed by atoms with Gasteiger partial charge in [0.2, 0.25) is 0 Å². The van der Waals surface area contributed by atoms with Gasteiger partial charge in [0.1, 0.15) is 0 Å². The summed E-state index contributed by atoms with van der Waals surface area (Å²) in [4.78, 5) is 13.1. The molecule has 5 rings (SSSR count). The lowest BCUT2D eigenvalue weighted by Gasteiger charge is -2.09. The second-order valence-corrected chi connectivity index (χ2v) is 8.93. The molecule has 2 heterocycles. The summed E-state index contributed by atoms with van der Waals surface area (Å²) in [6.45, 7) is 4.54. The van der Waals surface area contributed by atoms with Crippen molar-refractivity contribution < 1.29 is 4.42 Å². The molecular weight excluding hydrogens is 432 g/mol. The minimum Gasteiger partial charge on any atom is -0.409 e. The summed E-state index contributed by atoms with van der Waals surface area (Å²) in [5.74, 6) is 1.03. The first-order chi connectivity index (χ1) is 16.1. The Hall–Kier alpha value is -3.71. The van der Waals surface area contributed by atoms with Crippen molar-refractivity contribution in [1.29, 1.82) is 0 Å². The molecule has 0 unspecified atom stereocenters. The van der Waals surface area contributed by atoms with Crippen LogP contribution in [0.4, 0.5) is 0 Å². The average molecular weight is 455 g/mol. The van der Waals surface area contributed by atoms with Crippen molar-refractivity contribution in [2.75, 3.05) is 0 Å². The van der Waals surface area contributed by atoms with Gasteiger partial charge in [-0.3, -0.25) is 4.79 Å². The number of hydrogen-bond donors (Lipinski definition) is 0. The van der Waals surface area contributed by atoms with Crippen LogP contribution in [0, 0.1) is 13.8 Å². The molecule has 0 N–H and O–H groups in total. The van der Waals surface area contributed by atoms with Crippen LogP contribution in [0.2, 0.25) is 0 Å². The van der Waals surface area contributed by atoms with E-state index in [0.29, 0.717) is 34.1 Å². The summed E-state index contributed by atoms with van der Waals surface area (Å²) < 4.78 is 7.43. The van der Waals surface area contributed by atoms with Gasteiger partial charge in [-0.15, -0.1) is 10.2 Å². The summed E-state index contributed by atoms with van der Waals surface area (Å²) in [5.41, 5.74) is 5.01. The molecule has 0 aliphatic carbocycles. The highest BCUT2D eigenvalue weighted by molar-refractivity contribution is 7.98. The van der Waals surface area contributed by atoms with E-state index in [0.717, 1.165) is 11.3 Å². The van der Waals surface area contributed by atoms with Gasteiger partial charge in [-0.1, -0.05) is 89.6 Å². The summed E-state index contributed by atoms with van der Waals surface area (Å²) in [6, 6.07) is 23.6. The first-order valence-corrected chi connectivity index (χ1v) is 11.6. The van der Waals surface area contributed by atoms with Crippen molar-refractivity contribution in [3.8, 4) is 11.6 Å². The second-order valence-electron chi connectivity index (χ2n) is 8.00. The maximum Gasteiger partial charge on any atom is 0.277 e. The number of thioether (sulfide) groups is 1. The molecule has 33 heavy (non-hydrogen) atoms. The third-order valence-corrected chi connectivity index (χ3v) is 6.19. The summed E-state index contributed by atoms with van der Waals surface area (Å²) in [6.07, 6.45) is 0. The average Bonchev–Trinajstić information content (AvgIpc) is 3.29. The highest BCUT2D eigenvalue weighted by atomic mass is 32.2. The van der Waals surface area contributed by atoms with Gasteiger partial charge in [0.25, 0.3) is 16.7 Å². The van der Waals surface area contributed by atoms with Gasteiger partial charge >= 0.3 is 0 Å². The molecule has 7 heteroatoms. The first-order valence-electron chi connectivity index (χ1n) is 10.6. The number of aromatic nitrogens is 4. The Morgan fingerprint density at radius 3 is 2.30 bits per heavy atom. The maximum absolute atomic E-state index is 13.1. The summed E-state index contributed by atoms with van der Waals surface area (Å²) in [7, 11) is 0. The van der Waals surface area contributed by atoms with Crippen molar-refractivity contribution in [3.63, 3.8) is 0 Å². The van der Waals surface area contributed by atoms with Crippen LogP contribution >= 0.6 is 11.8 Å². The van der Waals surface area contributed by atoms with E-state index in [4.69, 9.17) is 4.42 Å². The molecule has 6 nitrogen and oxygen atoms in total. The van der Waals surface area contributed by atoms with Gasteiger partial charge in [-0.2, -0.15) is 5.10 Å². The number of fused-ring (bicyclic) bond motifs is 1. The zero-order valence-corrected chi connectivity index (χ0v) is 19.2. The normalized spacial score (nSPS) is 11.2. The fraction of sp³-hybridized carbons (Fsp3) is 0.154. The molecule has 5 aromatic rings. The Balaban J connectivity index is 1.48. The molecule has 0 aliphatic heterocycles. The van der Waals surface area contributed by atoms with E-state index in [1.807, 2.05) is 48.5 Å². The van der Waals surface area contributed by atoms with E-state index in [2.05, 4.69) is 47.3 Å². The topological polar surface area (TPSA) is 73.8 Å². The van der Waals surface area contributed by atoms with Gasteiger partial charge in [0.05, 0.1) is 11.9 Å². The fourth-order valence-corrected chi connectivity index (χ4v) is 4.61. The first kappa shape index (κ1) is 21.2. The lowest BCUT2D eigenvalue weighted by Crippen LogP contribution is -2.24. The van der Waals surface area contributed by atoms with E-state index in [9.17, 15) is 4.79 Å². The van der Waals surface area contributed by atoms with E-state index in [1.165, 1.54) is 33.1 Å². The van der Waals surface area contributed by atoms with E-state index in [1.54, 1.807) is 6.07 Å². The van der Waals surface area contributed by atoms with Crippen molar-refractivity contribution in [3.05, 3.63) is 105 Å². The van der Waals surface area contributed by atoms with E-state index < -0.39 is 0 Å². The number of aryl methyl sites for hydroxylation is 2. The Bertz CT molecular complexity index is 1470. The van der Waals surface area contributed by atoms with Crippen molar-refractivity contribution in [1.82, 2.24) is 20.0 Å². The van der Waals surface area contributed by atoms with E-state index >= 15 is 0 Å². The largest absolute Gasteiger partial charge is 0.409 e. The quantitative estimate of drug-likeness (QED) is 0.320. The van der Waals surface area contributed by atoms with Crippen LogP contribution in [-0.2, 0) is 12.3 Å². The van der Waals surface area contributed by atoms with Gasteiger partial charge in [0, 0.05) is 11.1 Å². The monoisotopic (exact) mass is 454 g/mol. The molecule has 0 radical (unpaired) electrons. The van der Waals surface area contributed by atoms with Crippen LogP contribution in [0.5, 0.6) is 0 Å². The standard InChI is InChI=1S/C26H22N4O2S/c1-17-12-18(2)14-20(13-17)16-33-26-28-27-24(32-26)23-21-10-6-7-11-22(21)25(31)30(29-23)15-19-8-4-3-5-9-19/h3-14H,15-16H2,1-2H3. The molecule has 3 aromatic carbocycles. The van der Waals surface area contributed by atoms with Crippen LogP contribution in [0.25, 0.3) is 22.4 Å². The highest BCUT2D eigenvalue weighted by Crippen LogP contribution is 2.28. The minimum atomic E-state index is -0.151. The van der Waals surface area contributed by atoms with Crippen molar-refractivity contribution >= 4 is 22.5 Å². The number of benzene rings is 3. The zero-order chi connectivity index (χ0) is 22.8. The molecule has 2 aromatic heterocycles. The molecule has 0 atom stereocenters. The third kappa shape index (κ3) is 4.59. The number of rotatable bonds is 6. The Kier molecular flexibility index (Phi) is 5.79. The lowest BCUT2D eigenvalue weighted by molar-refractivity contribution is 0.462. The molecule has 0 amide bonds. The Morgan fingerprint density at radius 2 is 1.55 bits per heavy atom. The van der Waals surface area contributed by atoms with Crippen LogP contribution in [0.1, 0.15) is 22.3 Å². The molecule has 0 saturated carbocycles. The molecular formula is C26H22N4O2S. The zero-order valence-electron chi connectivity index (χ0n) is 18.4. The van der Waals surface area contributed by atoms with Crippen molar-refractivity contribution in [2.45, 2.75) is 31.4 Å². The van der Waals surface area contributed by atoms with Crippen LogP contribution in [0.15, 0.2) is 87.2 Å². The Labute approximate surface area is 195 Å². The lowest BCUT2D eigenvalue weighted by atomic mass is 10.1. The predicted molar refractivity (Wildman–Crippen MR) is 130 cm³/mol. The highest BCUT2D eigenvalue weighted by Gasteiger charge is 2.18. The van der Waals surface area contributed by atoms with Crippen LogP contribution in [-0.4, -0.2) is 20.0 Å². The molecule has 0 spiro atoms. The van der Waals surface area contributed by atoms with Crippen molar-refractivity contribution in [2.24, 2.45) is 0 Å². The van der Waals surface area contributed by atoms with Gasteiger partial charge in [0.15, 0.2) is 5.69 Å². The molecule has 164 valence electrons. The fourth-order valence-electron chi connectivity index (χ4n) is 3.92. The third-order valence-electron chi connectivity index (χ3n) is 5.30. The number of nitrogens with zero attached hydrogens (tertiary/aromatic N) is 4. The second kappa shape index (κ2) is 9.03. The summed E-state index contributed by atoms with van der Waals surface area (Å²) >= 11 is 1.49. The smallest absolute Gasteiger partial charge is 0.277 e.